The third-order valence-electron chi connectivity index (χ3n) is 4.53. The van der Waals surface area contributed by atoms with Crippen molar-refractivity contribution in [3.8, 4) is 0 Å². The van der Waals surface area contributed by atoms with Gasteiger partial charge in [-0.05, 0) is 6.92 Å². The number of rotatable bonds is 10. The summed E-state index contributed by atoms with van der Waals surface area (Å²) >= 11 is 0. The lowest BCUT2D eigenvalue weighted by molar-refractivity contribution is -0.120. The number of amides is 1. The molecule has 1 aliphatic rings. The van der Waals surface area contributed by atoms with Crippen molar-refractivity contribution < 1.29 is 59.9 Å². The van der Waals surface area contributed by atoms with E-state index in [-0.39, 0.29) is 17.1 Å². The standard InChI is InChI=1S/C13H21N7O14P2S/c1-4(14)10(22)19-37(29,30)33-8-7(21)5(2-31-36(27,28)34-35(24,25)26)32-12(8)20-3-16-6-9(20)17-13(15)18-11(6)23/h3-5,7-8,12,21H,2,14H2,1H3,(H,19,22)(H,27,28)(H2,24,25,26)(H3,15,17,18,23). The number of aliphatic hydroxyl groups is 1. The van der Waals surface area contributed by atoms with E-state index in [2.05, 4.69) is 23.8 Å². The van der Waals surface area contributed by atoms with Gasteiger partial charge in [-0.1, -0.05) is 0 Å². The maximum atomic E-state index is 12.4. The summed E-state index contributed by atoms with van der Waals surface area (Å²) in [7, 11) is -15.8. The fraction of sp³-hybridized carbons (Fsp3) is 0.538. The molecular formula is C13H21N7O14P2S. The molecule has 2 aromatic rings. The number of carbonyl (C=O) groups is 1. The van der Waals surface area contributed by atoms with Crippen LogP contribution in [0.5, 0.6) is 0 Å². The van der Waals surface area contributed by atoms with Gasteiger partial charge in [-0.25, -0.2) is 23.0 Å². The number of anilines is 1. The van der Waals surface area contributed by atoms with Crippen molar-refractivity contribution in [1.29, 1.82) is 0 Å². The van der Waals surface area contributed by atoms with Crippen LogP contribution in [0.4, 0.5) is 5.95 Å². The molecule has 24 heteroatoms. The number of aromatic amines is 1. The van der Waals surface area contributed by atoms with E-state index in [1.807, 2.05) is 0 Å². The molecular weight excluding hydrogens is 572 g/mol. The first-order valence-corrected chi connectivity index (χ1v) is 14.1. The van der Waals surface area contributed by atoms with Gasteiger partial charge >= 0.3 is 25.9 Å². The number of fused-ring (bicyclic) bond motifs is 1. The Balaban J connectivity index is 1.95. The molecule has 0 bridgehead atoms. The highest BCUT2D eigenvalue weighted by molar-refractivity contribution is 7.85. The molecule has 6 unspecified atom stereocenters. The van der Waals surface area contributed by atoms with Crippen LogP contribution in [0, 0.1) is 0 Å². The molecule has 10 N–H and O–H groups in total. The summed E-state index contributed by atoms with van der Waals surface area (Å²) in [6.45, 7) is 0.0764. The first-order valence-electron chi connectivity index (χ1n) is 9.69. The second-order valence-corrected chi connectivity index (χ2v) is 11.6. The number of phosphoric ester groups is 1. The highest BCUT2D eigenvalue weighted by Gasteiger charge is 2.50. The smallest absolute Gasteiger partial charge is 0.387 e. The van der Waals surface area contributed by atoms with Crippen LogP contribution in [-0.4, -0.2) is 84.6 Å². The lowest BCUT2D eigenvalue weighted by Gasteiger charge is -2.21. The summed E-state index contributed by atoms with van der Waals surface area (Å²) in [5, 5.41) is 10.7. The number of imidazole rings is 1. The van der Waals surface area contributed by atoms with E-state index in [1.165, 1.54) is 11.6 Å². The minimum atomic E-state index is -5.48. The maximum Gasteiger partial charge on any atom is 0.481 e. The number of nitrogens with zero attached hydrogens (tertiary/aromatic N) is 3. The zero-order valence-electron chi connectivity index (χ0n) is 18.3. The van der Waals surface area contributed by atoms with E-state index in [0.717, 1.165) is 10.9 Å². The van der Waals surface area contributed by atoms with Crippen molar-refractivity contribution in [2.24, 2.45) is 5.73 Å². The van der Waals surface area contributed by atoms with Crippen LogP contribution in [0.2, 0.25) is 0 Å². The van der Waals surface area contributed by atoms with Crippen LogP contribution in [0.15, 0.2) is 11.1 Å². The Hall–Kier alpha value is -2.33. The summed E-state index contributed by atoms with van der Waals surface area (Å²) in [4.78, 5) is 60.6. The molecule has 2 aromatic heterocycles. The summed E-state index contributed by atoms with van der Waals surface area (Å²) < 4.78 is 68.3. The number of hydrogen-bond acceptors (Lipinski definition) is 15. The maximum absolute atomic E-state index is 12.4. The number of carbonyl (C=O) groups excluding carboxylic acids is 1. The normalized spacial score (nSPS) is 25.1. The summed E-state index contributed by atoms with van der Waals surface area (Å²) in [6.07, 6.45) is -6.44. The second-order valence-electron chi connectivity index (χ2n) is 7.44. The zero-order valence-corrected chi connectivity index (χ0v) is 20.9. The minimum absolute atomic E-state index is 0.261. The summed E-state index contributed by atoms with van der Waals surface area (Å²) in [5.74, 6) is -1.54. The second kappa shape index (κ2) is 10.4. The number of aromatic nitrogens is 4. The van der Waals surface area contributed by atoms with E-state index < -0.39 is 74.6 Å². The highest BCUT2D eigenvalue weighted by atomic mass is 32.2. The lowest BCUT2D eigenvalue weighted by atomic mass is 10.1. The summed E-state index contributed by atoms with van der Waals surface area (Å²) in [6, 6.07) is -1.27. The van der Waals surface area contributed by atoms with Crippen LogP contribution < -0.4 is 21.7 Å². The molecule has 1 saturated heterocycles. The molecule has 0 aromatic carbocycles. The monoisotopic (exact) mass is 593 g/mol. The fourth-order valence-corrected chi connectivity index (χ4v) is 5.61. The Morgan fingerprint density at radius 1 is 1.38 bits per heavy atom. The molecule has 1 fully saturated rings. The Bertz CT molecular complexity index is 1440. The number of nitrogen functional groups attached to an aromatic ring is 1. The van der Waals surface area contributed by atoms with Crippen LogP contribution in [-0.2, 0) is 42.0 Å². The fourth-order valence-electron chi connectivity index (χ4n) is 3.02. The Morgan fingerprint density at radius 2 is 2.03 bits per heavy atom. The van der Waals surface area contributed by atoms with Crippen molar-refractivity contribution in [3.05, 3.63) is 16.7 Å². The van der Waals surface area contributed by atoms with Gasteiger partial charge in [0.2, 0.25) is 5.95 Å². The van der Waals surface area contributed by atoms with Gasteiger partial charge in [0, 0.05) is 0 Å². The van der Waals surface area contributed by atoms with Gasteiger partial charge in [-0.3, -0.25) is 23.7 Å². The van der Waals surface area contributed by atoms with Crippen LogP contribution in [0.25, 0.3) is 11.2 Å². The van der Waals surface area contributed by atoms with E-state index in [1.54, 1.807) is 0 Å². The number of H-pyrrole nitrogens is 1. The molecule has 0 saturated carbocycles. The van der Waals surface area contributed by atoms with Crippen molar-refractivity contribution in [1.82, 2.24) is 24.2 Å². The van der Waals surface area contributed by atoms with Crippen molar-refractivity contribution in [2.45, 2.75) is 37.5 Å². The first-order chi connectivity index (χ1) is 16.9. The molecule has 0 radical (unpaired) electrons. The highest BCUT2D eigenvalue weighted by Crippen LogP contribution is 2.57. The van der Waals surface area contributed by atoms with Gasteiger partial charge < -0.3 is 36.0 Å². The van der Waals surface area contributed by atoms with Gasteiger partial charge in [-0.15, -0.1) is 0 Å². The molecule has 3 heterocycles. The van der Waals surface area contributed by atoms with E-state index in [0.29, 0.717) is 0 Å². The number of phosphoric acid groups is 2. The average molecular weight is 593 g/mol. The Labute approximate surface area is 205 Å². The van der Waals surface area contributed by atoms with Crippen LogP contribution >= 0.6 is 15.6 Å². The van der Waals surface area contributed by atoms with Gasteiger partial charge in [0.05, 0.1) is 19.0 Å². The third-order valence-corrected chi connectivity index (χ3v) is 7.60. The molecule has 208 valence electrons. The topological polar surface area (TPSA) is 331 Å². The van der Waals surface area contributed by atoms with Crippen LogP contribution in [0.3, 0.4) is 0 Å². The molecule has 0 spiro atoms. The van der Waals surface area contributed by atoms with Gasteiger partial charge in [0.1, 0.15) is 12.2 Å². The summed E-state index contributed by atoms with van der Waals surface area (Å²) in [5.41, 5.74) is 9.51. The van der Waals surface area contributed by atoms with E-state index in [9.17, 15) is 37.1 Å². The van der Waals surface area contributed by atoms with Crippen molar-refractivity contribution in [2.75, 3.05) is 12.3 Å². The van der Waals surface area contributed by atoms with E-state index >= 15 is 0 Å². The largest absolute Gasteiger partial charge is 0.481 e. The number of nitrogens with two attached hydrogens (primary N) is 2. The lowest BCUT2D eigenvalue weighted by Crippen LogP contribution is -2.45. The Morgan fingerprint density at radius 3 is 2.62 bits per heavy atom. The molecule has 1 aliphatic heterocycles. The average Bonchev–Trinajstić information content (AvgIpc) is 3.26. The number of hydrogen-bond donors (Lipinski definition) is 8. The first kappa shape index (κ1) is 29.2. The Kier molecular flexibility index (Phi) is 8.25. The van der Waals surface area contributed by atoms with Crippen LogP contribution in [0.1, 0.15) is 13.2 Å². The molecule has 6 atom stereocenters. The van der Waals surface area contributed by atoms with Gasteiger partial charge in [0.25, 0.3) is 11.5 Å². The SMILES string of the molecule is CC(N)C(=O)NS(=O)(=O)OC1C(O)C(COP(=O)(O)OP(=O)(O)O)OC1n1cnc2c(=O)[nH]c(N)nc21. The molecule has 1 amide bonds. The number of aliphatic hydroxyl groups excluding tert-OH is 1. The number of nitrogens with one attached hydrogen (secondary N) is 2. The molecule has 37 heavy (non-hydrogen) atoms. The third kappa shape index (κ3) is 7.16. The minimum Gasteiger partial charge on any atom is -0.387 e. The van der Waals surface area contributed by atoms with Gasteiger partial charge in [0.15, 0.2) is 23.5 Å². The predicted molar refractivity (Wildman–Crippen MR) is 117 cm³/mol. The van der Waals surface area contributed by atoms with Crippen molar-refractivity contribution in [3.63, 3.8) is 0 Å². The molecule has 0 aliphatic carbocycles. The zero-order chi connectivity index (χ0) is 27.9. The predicted octanol–water partition coefficient (Wildman–Crippen LogP) is -3.72. The van der Waals surface area contributed by atoms with Gasteiger partial charge in [-0.2, -0.15) is 17.7 Å². The molecule has 3 rings (SSSR count). The number of ether oxygens (including phenoxy) is 1. The van der Waals surface area contributed by atoms with E-state index in [4.69, 9.17) is 30.2 Å². The van der Waals surface area contributed by atoms with Crippen molar-refractivity contribution >= 4 is 49.0 Å². The molecule has 21 nitrogen and oxygen atoms in total. The quantitative estimate of drug-likeness (QED) is 0.123.